The van der Waals surface area contributed by atoms with Gasteiger partial charge in [0.05, 0.1) is 0 Å². The molecule has 0 amide bonds. The number of aromatic hydroxyl groups is 1. The first kappa shape index (κ1) is 11.2. The summed E-state index contributed by atoms with van der Waals surface area (Å²) in [6.07, 6.45) is 0. The van der Waals surface area contributed by atoms with Crippen LogP contribution in [0.5, 0.6) is 5.75 Å². The number of nitrogens with two attached hydrogens (primary N) is 1. The maximum absolute atomic E-state index is 9.85. The van der Waals surface area contributed by atoms with E-state index in [1.54, 1.807) is 6.07 Å². The molecular formula is C13H12BrNO. The minimum Gasteiger partial charge on any atom is -0.507 e. The molecule has 2 rings (SSSR count). The lowest BCUT2D eigenvalue weighted by atomic mass is 10.0. The van der Waals surface area contributed by atoms with Gasteiger partial charge in [0.25, 0.3) is 0 Å². The Hall–Kier alpha value is -1.32. The summed E-state index contributed by atoms with van der Waals surface area (Å²) in [5.41, 5.74) is 8.36. The lowest BCUT2D eigenvalue weighted by molar-refractivity contribution is 0.477. The number of benzene rings is 2. The van der Waals surface area contributed by atoms with E-state index in [0.717, 1.165) is 21.2 Å². The Morgan fingerprint density at radius 2 is 1.81 bits per heavy atom. The van der Waals surface area contributed by atoms with Crippen molar-refractivity contribution in [3.05, 3.63) is 52.5 Å². The molecule has 0 fully saturated rings. The SMILES string of the molecule is NCc1ccc(O)c(-c2ccccc2Br)c1. The van der Waals surface area contributed by atoms with Gasteiger partial charge in [-0.2, -0.15) is 0 Å². The molecule has 0 spiro atoms. The fraction of sp³-hybridized carbons (Fsp3) is 0.0769. The van der Waals surface area contributed by atoms with Crippen molar-refractivity contribution in [3.63, 3.8) is 0 Å². The molecule has 0 heterocycles. The molecule has 0 aliphatic heterocycles. The van der Waals surface area contributed by atoms with Crippen molar-refractivity contribution in [2.45, 2.75) is 6.54 Å². The topological polar surface area (TPSA) is 46.2 Å². The summed E-state index contributed by atoms with van der Waals surface area (Å²) in [6, 6.07) is 13.2. The second-order valence-corrected chi connectivity index (χ2v) is 4.39. The Morgan fingerprint density at radius 1 is 1.06 bits per heavy atom. The van der Waals surface area contributed by atoms with Gasteiger partial charge in [-0.1, -0.05) is 40.2 Å². The Bertz CT molecular complexity index is 511. The van der Waals surface area contributed by atoms with Crippen molar-refractivity contribution in [1.82, 2.24) is 0 Å². The van der Waals surface area contributed by atoms with Crippen molar-refractivity contribution < 1.29 is 5.11 Å². The number of halogens is 1. The highest BCUT2D eigenvalue weighted by atomic mass is 79.9. The van der Waals surface area contributed by atoms with E-state index >= 15 is 0 Å². The van der Waals surface area contributed by atoms with Crippen LogP contribution in [0.1, 0.15) is 5.56 Å². The molecule has 0 unspecified atom stereocenters. The van der Waals surface area contributed by atoms with Gasteiger partial charge < -0.3 is 10.8 Å². The summed E-state index contributed by atoms with van der Waals surface area (Å²) < 4.78 is 0.958. The van der Waals surface area contributed by atoms with Gasteiger partial charge in [0.1, 0.15) is 5.75 Å². The number of phenols is 1. The maximum atomic E-state index is 9.85. The second kappa shape index (κ2) is 4.68. The lowest BCUT2D eigenvalue weighted by Gasteiger charge is -2.08. The molecule has 2 nitrogen and oxygen atoms in total. The molecule has 2 aromatic rings. The van der Waals surface area contributed by atoms with Crippen LogP contribution >= 0.6 is 15.9 Å². The summed E-state index contributed by atoms with van der Waals surface area (Å²) in [4.78, 5) is 0. The first-order valence-corrected chi connectivity index (χ1v) is 5.78. The zero-order valence-electron chi connectivity index (χ0n) is 8.65. The van der Waals surface area contributed by atoms with E-state index < -0.39 is 0 Å². The van der Waals surface area contributed by atoms with E-state index in [1.165, 1.54) is 0 Å². The number of hydrogen-bond donors (Lipinski definition) is 2. The molecule has 0 aliphatic carbocycles. The summed E-state index contributed by atoms with van der Waals surface area (Å²) >= 11 is 3.47. The van der Waals surface area contributed by atoms with E-state index in [2.05, 4.69) is 15.9 Å². The predicted octanol–water partition coefficient (Wildman–Crippen LogP) is 3.28. The van der Waals surface area contributed by atoms with Gasteiger partial charge in [0, 0.05) is 16.6 Å². The van der Waals surface area contributed by atoms with Gasteiger partial charge in [0.15, 0.2) is 0 Å². The molecule has 2 aromatic carbocycles. The quantitative estimate of drug-likeness (QED) is 0.885. The van der Waals surface area contributed by atoms with Crippen LogP contribution in [0.2, 0.25) is 0 Å². The van der Waals surface area contributed by atoms with Crippen LogP contribution in [0.3, 0.4) is 0 Å². The van der Waals surface area contributed by atoms with Gasteiger partial charge in [-0.25, -0.2) is 0 Å². The smallest absolute Gasteiger partial charge is 0.123 e. The zero-order chi connectivity index (χ0) is 11.5. The summed E-state index contributed by atoms with van der Waals surface area (Å²) in [6.45, 7) is 0.470. The maximum Gasteiger partial charge on any atom is 0.123 e. The summed E-state index contributed by atoms with van der Waals surface area (Å²) in [7, 11) is 0. The van der Waals surface area contributed by atoms with Crippen LogP contribution in [0, 0.1) is 0 Å². The Kier molecular flexibility index (Phi) is 3.27. The van der Waals surface area contributed by atoms with Crippen molar-refractivity contribution in [2.24, 2.45) is 5.73 Å². The molecule has 0 radical (unpaired) electrons. The molecule has 16 heavy (non-hydrogen) atoms. The molecule has 0 saturated heterocycles. The highest BCUT2D eigenvalue weighted by molar-refractivity contribution is 9.10. The minimum atomic E-state index is 0.268. The highest BCUT2D eigenvalue weighted by Gasteiger charge is 2.07. The lowest BCUT2D eigenvalue weighted by Crippen LogP contribution is -1.96. The minimum absolute atomic E-state index is 0.268. The molecule has 0 aliphatic rings. The number of phenolic OH excluding ortho intramolecular Hbond substituents is 1. The average Bonchev–Trinajstić information content (AvgIpc) is 2.31. The van der Waals surface area contributed by atoms with Crippen LogP contribution < -0.4 is 5.73 Å². The van der Waals surface area contributed by atoms with Gasteiger partial charge in [-0.3, -0.25) is 0 Å². The zero-order valence-corrected chi connectivity index (χ0v) is 10.2. The van der Waals surface area contributed by atoms with Crippen molar-refractivity contribution in [2.75, 3.05) is 0 Å². The van der Waals surface area contributed by atoms with Crippen molar-refractivity contribution in [1.29, 1.82) is 0 Å². The largest absolute Gasteiger partial charge is 0.507 e. The molecule has 0 atom stereocenters. The van der Waals surface area contributed by atoms with Gasteiger partial charge in [-0.05, 0) is 29.3 Å². The van der Waals surface area contributed by atoms with E-state index in [-0.39, 0.29) is 5.75 Å². The highest BCUT2D eigenvalue weighted by Crippen LogP contribution is 2.34. The third-order valence-corrected chi connectivity index (χ3v) is 3.15. The summed E-state index contributed by atoms with van der Waals surface area (Å²) in [5.74, 6) is 0.268. The fourth-order valence-corrected chi connectivity index (χ4v) is 2.10. The monoisotopic (exact) mass is 277 g/mol. The Balaban J connectivity index is 2.59. The first-order valence-electron chi connectivity index (χ1n) is 4.99. The normalized spacial score (nSPS) is 10.4. The van der Waals surface area contributed by atoms with Crippen molar-refractivity contribution >= 4 is 15.9 Å². The molecule has 0 aromatic heterocycles. The van der Waals surface area contributed by atoms with Crippen LogP contribution in [0.15, 0.2) is 46.9 Å². The summed E-state index contributed by atoms with van der Waals surface area (Å²) in [5, 5.41) is 9.85. The van der Waals surface area contributed by atoms with Crippen LogP contribution in [-0.2, 0) is 6.54 Å². The third-order valence-electron chi connectivity index (χ3n) is 2.46. The Labute approximate surface area is 103 Å². The van der Waals surface area contributed by atoms with E-state index in [4.69, 9.17) is 5.73 Å². The number of rotatable bonds is 2. The first-order chi connectivity index (χ1) is 7.72. The van der Waals surface area contributed by atoms with Crippen LogP contribution in [-0.4, -0.2) is 5.11 Å². The van der Waals surface area contributed by atoms with Crippen LogP contribution in [0.4, 0.5) is 0 Å². The van der Waals surface area contributed by atoms with E-state index in [1.807, 2.05) is 36.4 Å². The predicted molar refractivity (Wildman–Crippen MR) is 69.1 cm³/mol. The molecule has 3 N–H and O–H groups in total. The molecule has 0 saturated carbocycles. The van der Waals surface area contributed by atoms with Gasteiger partial charge in [0.2, 0.25) is 0 Å². The second-order valence-electron chi connectivity index (χ2n) is 3.54. The molecule has 0 bridgehead atoms. The molecule has 3 heteroatoms. The molecular weight excluding hydrogens is 266 g/mol. The Morgan fingerprint density at radius 3 is 2.50 bits per heavy atom. The molecule has 82 valence electrons. The van der Waals surface area contributed by atoms with E-state index in [0.29, 0.717) is 6.54 Å². The standard InChI is InChI=1S/C13H12BrNO/c14-12-4-2-1-3-10(12)11-7-9(8-15)5-6-13(11)16/h1-7,16H,8,15H2. The van der Waals surface area contributed by atoms with Gasteiger partial charge in [-0.15, -0.1) is 0 Å². The van der Waals surface area contributed by atoms with Crippen LogP contribution in [0.25, 0.3) is 11.1 Å². The third kappa shape index (κ3) is 2.10. The average molecular weight is 278 g/mol. The van der Waals surface area contributed by atoms with Crippen molar-refractivity contribution in [3.8, 4) is 16.9 Å². The van der Waals surface area contributed by atoms with Gasteiger partial charge >= 0.3 is 0 Å². The fourth-order valence-electron chi connectivity index (χ4n) is 1.61. The number of hydrogen-bond acceptors (Lipinski definition) is 2. The van der Waals surface area contributed by atoms with E-state index in [9.17, 15) is 5.11 Å².